The minimum Gasteiger partial charge on any atom is -0.465 e. The molecule has 0 bridgehead atoms. The fraction of sp³-hybridized carbons (Fsp3) is 0.692. The van der Waals surface area contributed by atoms with Gasteiger partial charge in [0.1, 0.15) is 16.0 Å². The Bertz CT molecular complexity index is 494. The van der Waals surface area contributed by atoms with Crippen LogP contribution in [-0.2, 0) is 5.54 Å². The van der Waals surface area contributed by atoms with E-state index >= 15 is 0 Å². The van der Waals surface area contributed by atoms with Crippen molar-refractivity contribution in [3.63, 3.8) is 0 Å². The molecule has 2 N–H and O–H groups in total. The van der Waals surface area contributed by atoms with Crippen molar-refractivity contribution in [3.8, 4) is 0 Å². The average molecular weight is 330 g/mol. The van der Waals surface area contributed by atoms with Crippen molar-refractivity contribution in [2.75, 3.05) is 6.54 Å². The molecular weight excluding hydrogens is 310 g/mol. The number of halogens is 1. The van der Waals surface area contributed by atoms with Crippen LogP contribution in [0.3, 0.4) is 0 Å². The molecule has 0 spiro atoms. The summed E-state index contributed by atoms with van der Waals surface area (Å²) in [6, 6.07) is 0. The Morgan fingerprint density at radius 2 is 2.26 bits per heavy atom. The maximum absolute atomic E-state index is 11.7. The fourth-order valence-corrected chi connectivity index (χ4v) is 3.48. The van der Waals surface area contributed by atoms with Crippen LogP contribution >= 0.6 is 15.9 Å². The molecule has 1 aliphatic heterocycles. The Morgan fingerprint density at radius 1 is 1.63 bits per heavy atom. The highest BCUT2D eigenvalue weighted by Crippen LogP contribution is 2.51. The van der Waals surface area contributed by atoms with Gasteiger partial charge in [-0.3, -0.25) is 4.90 Å². The molecule has 6 heteroatoms. The minimum absolute atomic E-state index is 0.243. The summed E-state index contributed by atoms with van der Waals surface area (Å²) in [5, 5.41) is 9.57. The molecule has 1 aliphatic rings. The molecule has 1 amide bonds. The van der Waals surface area contributed by atoms with Crippen molar-refractivity contribution >= 4 is 22.0 Å². The number of aromatic nitrogens is 2. The minimum atomic E-state index is -0.883. The third-order valence-corrected chi connectivity index (χ3v) is 4.41. The van der Waals surface area contributed by atoms with Gasteiger partial charge >= 0.3 is 6.09 Å². The van der Waals surface area contributed by atoms with E-state index < -0.39 is 11.6 Å². The molecule has 0 aliphatic carbocycles. The van der Waals surface area contributed by atoms with Crippen molar-refractivity contribution in [3.05, 3.63) is 16.6 Å². The zero-order valence-electron chi connectivity index (χ0n) is 11.7. The van der Waals surface area contributed by atoms with Gasteiger partial charge in [-0.25, -0.2) is 9.78 Å². The Kier molecular flexibility index (Phi) is 3.41. The molecule has 0 radical (unpaired) electrons. The molecule has 19 heavy (non-hydrogen) atoms. The predicted molar refractivity (Wildman–Crippen MR) is 75.9 cm³/mol. The van der Waals surface area contributed by atoms with Crippen molar-refractivity contribution < 1.29 is 9.90 Å². The standard InChI is InChI=1S/C13H20BrN3O2/c1-8-5-13(12(2,3)4,17(7-8)11(18)19)10-15-6-9(14)16-10/h6,8H,5,7H2,1-4H3,(H,15,16)(H,18,19)/t8-,13+/m0/s1. The van der Waals surface area contributed by atoms with E-state index in [9.17, 15) is 9.90 Å². The smallest absolute Gasteiger partial charge is 0.408 e. The highest BCUT2D eigenvalue weighted by molar-refractivity contribution is 9.10. The summed E-state index contributed by atoms with van der Waals surface area (Å²) >= 11 is 3.36. The van der Waals surface area contributed by atoms with Crippen molar-refractivity contribution in [2.24, 2.45) is 11.3 Å². The van der Waals surface area contributed by atoms with E-state index in [2.05, 4.69) is 53.6 Å². The summed E-state index contributed by atoms with van der Waals surface area (Å²) in [6.45, 7) is 8.83. The second kappa shape index (κ2) is 4.51. The van der Waals surface area contributed by atoms with Crippen LogP contribution in [-0.4, -0.2) is 32.6 Å². The number of likely N-dealkylation sites (tertiary alicyclic amines) is 1. The molecule has 0 saturated carbocycles. The topological polar surface area (TPSA) is 69.2 Å². The molecule has 2 atom stereocenters. The van der Waals surface area contributed by atoms with Crippen molar-refractivity contribution in [1.29, 1.82) is 0 Å². The summed E-state index contributed by atoms with van der Waals surface area (Å²) in [6.07, 6.45) is 1.58. The third-order valence-electron chi connectivity index (χ3n) is 4.01. The first-order valence-corrected chi connectivity index (χ1v) is 7.19. The lowest BCUT2D eigenvalue weighted by Gasteiger charge is -2.45. The lowest BCUT2D eigenvalue weighted by molar-refractivity contribution is 0.0214. The van der Waals surface area contributed by atoms with E-state index in [1.807, 2.05) is 0 Å². The Labute approximate surface area is 121 Å². The number of hydrogen-bond acceptors (Lipinski definition) is 2. The van der Waals surface area contributed by atoms with Crippen LogP contribution in [0.2, 0.25) is 0 Å². The molecule has 1 saturated heterocycles. The summed E-state index contributed by atoms with van der Waals surface area (Å²) in [7, 11) is 0. The number of nitrogens with one attached hydrogen (secondary N) is 1. The molecular formula is C13H20BrN3O2. The van der Waals surface area contributed by atoms with Gasteiger partial charge in [0.05, 0.1) is 6.20 Å². The van der Waals surface area contributed by atoms with E-state index in [1.54, 1.807) is 11.1 Å². The number of H-pyrrole nitrogens is 1. The van der Waals surface area contributed by atoms with Crippen molar-refractivity contribution in [2.45, 2.75) is 39.7 Å². The van der Waals surface area contributed by atoms with E-state index in [4.69, 9.17) is 0 Å². The van der Waals surface area contributed by atoms with Gasteiger partial charge in [0, 0.05) is 6.54 Å². The molecule has 0 unspecified atom stereocenters. The first-order chi connectivity index (χ1) is 8.68. The van der Waals surface area contributed by atoms with Gasteiger partial charge in [0.2, 0.25) is 0 Å². The molecule has 1 aromatic heterocycles. The van der Waals surface area contributed by atoms with Crippen LogP contribution in [0.1, 0.15) is 39.9 Å². The molecule has 106 valence electrons. The Hall–Kier alpha value is -1.04. The quantitative estimate of drug-likeness (QED) is 0.829. The highest BCUT2D eigenvalue weighted by atomic mass is 79.9. The molecule has 1 fully saturated rings. The SMILES string of the molecule is C[C@@H]1CN(C(=O)O)[C@](c2ncc(Br)[nH]2)(C(C)(C)C)C1. The van der Waals surface area contributed by atoms with Crippen LogP contribution < -0.4 is 0 Å². The predicted octanol–water partition coefficient (Wildman–Crippen LogP) is 3.43. The lowest BCUT2D eigenvalue weighted by Crippen LogP contribution is -2.53. The summed E-state index contributed by atoms with van der Waals surface area (Å²) < 4.78 is 0.774. The van der Waals surface area contributed by atoms with Gasteiger partial charge < -0.3 is 10.1 Å². The average Bonchev–Trinajstić information content (AvgIpc) is 2.81. The maximum Gasteiger partial charge on any atom is 0.408 e. The molecule has 1 aromatic rings. The maximum atomic E-state index is 11.7. The fourth-order valence-electron chi connectivity index (χ4n) is 3.19. The van der Waals surface area contributed by atoms with Gasteiger partial charge in [-0.05, 0) is 33.7 Å². The number of aromatic amines is 1. The number of imidazole rings is 1. The number of carboxylic acid groups (broad SMARTS) is 1. The van der Waals surface area contributed by atoms with E-state index in [0.717, 1.165) is 16.8 Å². The number of nitrogens with zero attached hydrogens (tertiary/aromatic N) is 2. The monoisotopic (exact) mass is 329 g/mol. The summed E-state index contributed by atoms with van der Waals surface area (Å²) in [4.78, 5) is 20.8. The van der Waals surface area contributed by atoms with Crippen LogP contribution in [0.15, 0.2) is 10.8 Å². The first kappa shape index (κ1) is 14.4. The number of rotatable bonds is 1. The van der Waals surface area contributed by atoms with Crippen molar-refractivity contribution in [1.82, 2.24) is 14.9 Å². The van der Waals surface area contributed by atoms with Gasteiger partial charge in [-0.1, -0.05) is 27.7 Å². The third kappa shape index (κ3) is 2.16. The second-order valence-electron chi connectivity index (χ2n) is 6.39. The largest absolute Gasteiger partial charge is 0.465 e. The summed E-state index contributed by atoms with van der Waals surface area (Å²) in [5.74, 6) is 1.04. The molecule has 2 rings (SSSR count). The van der Waals surface area contributed by atoms with E-state index in [1.165, 1.54) is 0 Å². The van der Waals surface area contributed by atoms with Gasteiger partial charge in [-0.15, -0.1) is 0 Å². The zero-order chi connectivity index (χ0) is 14.4. The summed E-state index contributed by atoms with van der Waals surface area (Å²) in [5.41, 5.74) is -0.849. The lowest BCUT2D eigenvalue weighted by atomic mass is 9.70. The second-order valence-corrected chi connectivity index (χ2v) is 7.25. The number of hydrogen-bond donors (Lipinski definition) is 2. The highest BCUT2D eigenvalue weighted by Gasteiger charge is 2.57. The first-order valence-electron chi connectivity index (χ1n) is 6.40. The Morgan fingerprint density at radius 3 is 2.68 bits per heavy atom. The zero-order valence-corrected chi connectivity index (χ0v) is 13.3. The van der Waals surface area contributed by atoms with Crippen LogP contribution in [0.5, 0.6) is 0 Å². The van der Waals surface area contributed by atoms with E-state index in [-0.39, 0.29) is 5.41 Å². The Balaban J connectivity index is 2.61. The van der Waals surface area contributed by atoms with Gasteiger partial charge in [0.15, 0.2) is 0 Å². The molecule has 0 aromatic carbocycles. The normalized spacial score (nSPS) is 27.8. The van der Waals surface area contributed by atoms with Crippen LogP contribution in [0.4, 0.5) is 4.79 Å². The van der Waals surface area contributed by atoms with Crippen LogP contribution in [0.25, 0.3) is 0 Å². The van der Waals surface area contributed by atoms with Gasteiger partial charge in [-0.2, -0.15) is 0 Å². The molecule has 5 nitrogen and oxygen atoms in total. The van der Waals surface area contributed by atoms with E-state index in [0.29, 0.717) is 12.5 Å². The van der Waals surface area contributed by atoms with Crippen LogP contribution in [0, 0.1) is 11.3 Å². The number of carbonyl (C=O) groups is 1. The molecule has 2 heterocycles. The van der Waals surface area contributed by atoms with Gasteiger partial charge in [0.25, 0.3) is 0 Å². The number of amides is 1.